The van der Waals surface area contributed by atoms with E-state index in [0.29, 0.717) is 11.5 Å². The number of aromatic nitrogens is 3. The number of benzene rings is 2. The van der Waals surface area contributed by atoms with Gasteiger partial charge in [0, 0.05) is 29.2 Å². The zero-order chi connectivity index (χ0) is 16.5. The van der Waals surface area contributed by atoms with Crippen LogP contribution in [0.5, 0.6) is 0 Å². The second-order valence-corrected chi connectivity index (χ2v) is 5.58. The third-order valence-electron chi connectivity index (χ3n) is 3.88. The Bertz CT molecular complexity index is 1010. The Balaban J connectivity index is 1.73. The van der Waals surface area contributed by atoms with Crippen molar-refractivity contribution >= 4 is 22.7 Å². The fraction of sp³-hybridized carbons (Fsp3) is 0.0526. The average molecular weight is 318 g/mol. The van der Waals surface area contributed by atoms with Gasteiger partial charge < -0.3 is 9.88 Å². The lowest BCUT2D eigenvalue weighted by Gasteiger charge is -2.08. The first kappa shape index (κ1) is 14.4. The first-order valence-corrected chi connectivity index (χ1v) is 7.63. The van der Waals surface area contributed by atoms with E-state index in [1.54, 1.807) is 25.3 Å². The van der Waals surface area contributed by atoms with E-state index < -0.39 is 0 Å². The molecule has 1 N–H and O–H groups in total. The lowest BCUT2D eigenvalue weighted by atomic mass is 10.2. The highest BCUT2D eigenvalue weighted by atomic mass is 19.1. The minimum Gasteiger partial charge on any atom is -0.324 e. The molecule has 0 saturated heterocycles. The van der Waals surface area contributed by atoms with Crippen molar-refractivity contribution in [3.63, 3.8) is 0 Å². The fourth-order valence-electron chi connectivity index (χ4n) is 2.63. The monoisotopic (exact) mass is 318 g/mol. The molecule has 2 aromatic heterocycles. The van der Waals surface area contributed by atoms with Crippen LogP contribution in [-0.4, -0.2) is 14.5 Å². The maximum Gasteiger partial charge on any atom is 0.229 e. The summed E-state index contributed by atoms with van der Waals surface area (Å²) in [6.45, 7) is 1.73. The lowest BCUT2D eigenvalue weighted by Crippen LogP contribution is -2.00. The van der Waals surface area contributed by atoms with E-state index in [1.165, 1.54) is 6.07 Å². The number of halogens is 1. The molecule has 4 aromatic rings. The van der Waals surface area contributed by atoms with Gasteiger partial charge >= 0.3 is 0 Å². The van der Waals surface area contributed by atoms with E-state index in [1.807, 2.05) is 47.2 Å². The number of anilines is 2. The van der Waals surface area contributed by atoms with Crippen LogP contribution in [-0.2, 0) is 0 Å². The number of aryl methyl sites for hydroxylation is 1. The molecule has 0 unspecified atom stereocenters. The number of para-hydroxylation sites is 1. The van der Waals surface area contributed by atoms with Gasteiger partial charge in [0.1, 0.15) is 11.5 Å². The van der Waals surface area contributed by atoms with Crippen LogP contribution < -0.4 is 5.32 Å². The van der Waals surface area contributed by atoms with Gasteiger partial charge in [-0.05, 0) is 48.9 Å². The third-order valence-corrected chi connectivity index (χ3v) is 3.88. The highest BCUT2D eigenvalue weighted by molar-refractivity contribution is 5.78. The topological polar surface area (TPSA) is 42.7 Å². The normalized spacial score (nSPS) is 10.9. The van der Waals surface area contributed by atoms with E-state index in [-0.39, 0.29) is 5.82 Å². The molecule has 24 heavy (non-hydrogen) atoms. The van der Waals surface area contributed by atoms with Crippen molar-refractivity contribution in [2.24, 2.45) is 0 Å². The fourth-order valence-corrected chi connectivity index (χ4v) is 2.63. The number of hydrogen-bond acceptors (Lipinski definition) is 3. The second-order valence-electron chi connectivity index (χ2n) is 5.58. The highest BCUT2D eigenvalue weighted by Gasteiger charge is 2.07. The molecule has 4 rings (SSSR count). The van der Waals surface area contributed by atoms with Gasteiger partial charge in [0.2, 0.25) is 5.95 Å². The molecule has 0 aliphatic heterocycles. The Morgan fingerprint density at radius 1 is 1.04 bits per heavy atom. The molecule has 0 aliphatic rings. The number of rotatable bonds is 3. The minimum absolute atomic E-state index is 0.227. The zero-order valence-electron chi connectivity index (χ0n) is 13.1. The smallest absolute Gasteiger partial charge is 0.229 e. The predicted molar refractivity (Wildman–Crippen MR) is 93.3 cm³/mol. The quantitative estimate of drug-likeness (QED) is 0.600. The molecule has 0 radical (unpaired) electrons. The Labute approximate surface area is 138 Å². The second kappa shape index (κ2) is 5.77. The summed E-state index contributed by atoms with van der Waals surface area (Å²) in [5.41, 5.74) is 3.19. The number of hydrogen-bond donors (Lipinski definition) is 1. The molecule has 5 heteroatoms. The molecule has 0 spiro atoms. The number of nitrogens with zero attached hydrogens (tertiary/aromatic N) is 3. The highest BCUT2D eigenvalue weighted by Crippen LogP contribution is 2.21. The summed E-state index contributed by atoms with van der Waals surface area (Å²) in [6.07, 6.45) is 3.75. The maximum absolute atomic E-state index is 13.4. The minimum atomic E-state index is -0.227. The van der Waals surface area contributed by atoms with Gasteiger partial charge in [-0.15, -0.1) is 0 Å². The molecule has 0 atom stereocenters. The van der Waals surface area contributed by atoms with Crippen molar-refractivity contribution in [2.75, 3.05) is 5.32 Å². The van der Waals surface area contributed by atoms with Crippen molar-refractivity contribution in [2.45, 2.75) is 6.92 Å². The first-order valence-electron chi connectivity index (χ1n) is 7.63. The average Bonchev–Trinajstić information content (AvgIpc) is 3.02. The molecular formula is C19H15FN4. The van der Waals surface area contributed by atoms with Crippen LogP contribution >= 0.6 is 0 Å². The SMILES string of the molecule is Cc1cc(Nc2ncc3ccn(-c4ccccc4)c3n2)ccc1F. The van der Waals surface area contributed by atoms with Crippen LogP contribution in [0.4, 0.5) is 16.0 Å². The van der Waals surface area contributed by atoms with Crippen molar-refractivity contribution in [1.29, 1.82) is 0 Å². The summed E-state index contributed by atoms with van der Waals surface area (Å²) in [6, 6.07) is 16.8. The third kappa shape index (κ3) is 2.60. The summed E-state index contributed by atoms with van der Waals surface area (Å²) in [5, 5.41) is 4.09. The molecule has 118 valence electrons. The van der Waals surface area contributed by atoms with Gasteiger partial charge in [-0.1, -0.05) is 18.2 Å². The van der Waals surface area contributed by atoms with Gasteiger partial charge in [0.15, 0.2) is 0 Å². The Morgan fingerprint density at radius 2 is 1.88 bits per heavy atom. The lowest BCUT2D eigenvalue weighted by molar-refractivity contribution is 0.619. The Hall–Kier alpha value is -3.21. The molecule has 0 bridgehead atoms. The number of nitrogens with one attached hydrogen (secondary N) is 1. The van der Waals surface area contributed by atoms with Crippen LogP contribution in [0.15, 0.2) is 67.0 Å². The summed E-state index contributed by atoms with van der Waals surface area (Å²) < 4.78 is 15.4. The van der Waals surface area contributed by atoms with Crippen molar-refractivity contribution in [1.82, 2.24) is 14.5 Å². The van der Waals surface area contributed by atoms with Gasteiger partial charge in [0.05, 0.1) is 0 Å². The largest absolute Gasteiger partial charge is 0.324 e. The molecule has 0 amide bonds. The molecule has 4 nitrogen and oxygen atoms in total. The van der Waals surface area contributed by atoms with Crippen LogP contribution in [0.25, 0.3) is 16.7 Å². The van der Waals surface area contributed by atoms with E-state index in [9.17, 15) is 4.39 Å². The van der Waals surface area contributed by atoms with Crippen LogP contribution in [0, 0.1) is 12.7 Å². The summed E-state index contributed by atoms with van der Waals surface area (Å²) in [4.78, 5) is 8.94. The van der Waals surface area contributed by atoms with Crippen LogP contribution in [0.1, 0.15) is 5.56 Å². The zero-order valence-corrected chi connectivity index (χ0v) is 13.1. The van der Waals surface area contributed by atoms with E-state index in [4.69, 9.17) is 0 Å². The summed E-state index contributed by atoms with van der Waals surface area (Å²) >= 11 is 0. The van der Waals surface area contributed by atoms with E-state index >= 15 is 0 Å². The van der Waals surface area contributed by atoms with Gasteiger partial charge in [-0.25, -0.2) is 9.37 Å². The van der Waals surface area contributed by atoms with Crippen LogP contribution in [0.2, 0.25) is 0 Å². The number of fused-ring (bicyclic) bond motifs is 1. The Morgan fingerprint density at radius 3 is 2.67 bits per heavy atom. The van der Waals surface area contributed by atoms with E-state index in [0.717, 1.165) is 22.4 Å². The van der Waals surface area contributed by atoms with Crippen molar-refractivity contribution in [3.05, 3.63) is 78.4 Å². The predicted octanol–water partition coefficient (Wildman–Crippen LogP) is 4.61. The van der Waals surface area contributed by atoms with Crippen LogP contribution in [0.3, 0.4) is 0 Å². The molecule has 0 saturated carbocycles. The first-order chi connectivity index (χ1) is 11.7. The molecule has 2 aromatic carbocycles. The molecule has 2 heterocycles. The maximum atomic E-state index is 13.4. The molecule has 0 fully saturated rings. The van der Waals surface area contributed by atoms with Crippen molar-refractivity contribution in [3.8, 4) is 5.69 Å². The summed E-state index contributed by atoms with van der Waals surface area (Å²) in [5.74, 6) is 0.249. The summed E-state index contributed by atoms with van der Waals surface area (Å²) in [7, 11) is 0. The molecule has 0 aliphatic carbocycles. The van der Waals surface area contributed by atoms with E-state index in [2.05, 4.69) is 15.3 Å². The Kier molecular flexibility index (Phi) is 3.46. The van der Waals surface area contributed by atoms with Gasteiger partial charge in [0.25, 0.3) is 0 Å². The standard InChI is InChI=1S/C19H15FN4/c1-13-11-15(7-8-17(13)20)22-19-21-12-14-9-10-24(18(14)23-19)16-5-3-2-4-6-16/h2-12H,1H3,(H,21,22,23). The van der Waals surface area contributed by atoms with Crippen molar-refractivity contribution < 1.29 is 4.39 Å². The van der Waals surface area contributed by atoms with Gasteiger partial charge in [-0.2, -0.15) is 4.98 Å². The molecular weight excluding hydrogens is 303 g/mol. The van der Waals surface area contributed by atoms with Gasteiger partial charge in [-0.3, -0.25) is 0 Å².